The van der Waals surface area contributed by atoms with Crippen molar-refractivity contribution >= 4 is 5.97 Å². The van der Waals surface area contributed by atoms with Gasteiger partial charge in [0.15, 0.2) is 5.76 Å². The van der Waals surface area contributed by atoms with Gasteiger partial charge in [-0.15, -0.1) is 0 Å². The number of hydrogen-bond acceptors (Lipinski definition) is 5. The van der Waals surface area contributed by atoms with Gasteiger partial charge in [-0.25, -0.2) is 0 Å². The van der Waals surface area contributed by atoms with Gasteiger partial charge in [0.1, 0.15) is 12.5 Å². The summed E-state index contributed by atoms with van der Waals surface area (Å²) in [6, 6.07) is 11.4. The predicted molar refractivity (Wildman–Crippen MR) is 81.5 cm³/mol. The smallest absolute Gasteiger partial charge is 0.317 e. The van der Waals surface area contributed by atoms with Gasteiger partial charge in [-0.3, -0.25) is 4.79 Å². The number of aromatic nitrogens is 1. The monoisotopic (exact) mass is 303 g/mol. The summed E-state index contributed by atoms with van der Waals surface area (Å²) in [7, 11) is 0. The first-order valence-electron chi connectivity index (χ1n) is 7.41. The molecule has 5 heteroatoms. The van der Waals surface area contributed by atoms with Gasteiger partial charge in [0.2, 0.25) is 0 Å². The lowest BCUT2D eigenvalue weighted by molar-refractivity contribution is -0.146. The molecule has 0 aliphatic heterocycles. The van der Waals surface area contributed by atoms with Gasteiger partial charge >= 0.3 is 5.97 Å². The Morgan fingerprint density at radius 2 is 2.00 bits per heavy atom. The minimum absolute atomic E-state index is 0.0500. The Kier molecular flexibility index (Phi) is 5.58. The lowest BCUT2D eigenvalue weighted by atomic mass is 9.93. The molecule has 0 aliphatic rings. The van der Waals surface area contributed by atoms with Crippen LogP contribution >= 0.6 is 0 Å². The second kappa shape index (κ2) is 7.64. The summed E-state index contributed by atoms with van der Waals surface area (Å²) in [5.41, 5.74) is 1.04. The minimum Gasteiger partial charge on any atom is -0.471 e. The molecule has 1 aromatic carbocycles. The fraction of sp³-hybridized carbons (Fsp3) is 0.412. The average Bonchev–Trinajstić information content (AvgIpc) is 2.95. The summed E-state index contributed by atoms with van der Waals surface area (Å²) in [4.78, 5) is 12.0. The number of nitrogens with zero attached hydrogens (tertiary/aromatic N) is 1. The van der Waals surface area contributed by atoms with Gasteiger partial charge in [-0.2, -0.15) is 0 Å². The van der Waals surface area contributed by atoms with E-state index >= 15 is 0 Å². The maximum atomic E-state index is 12.0. The van der Waals surface area contributed by atoms with Crippen LogP contribution < -0.4 is 4.74 Å². The van der Waals surface area contributed by atoms with Gasteiger partial charge in [-0.1, -0.05) is 44.2 Å². The van der Waals surface area contributed by atoms with Crippen LogP contribution in [-0.2, 0) is 16.1 Å². The Hall–Kier alpha value is -2.30. The van der Waals surface area contributed by atoms with E-state index in [0.717, 1.165) is 5.56 Å². The third-order valence-corrected chi connectivity index (χ3v) is 3.25. The van der Waals surface area contributed by atoms with Crippen LogP contribution in [0.15, 0.2) is 40.9 Å². The van der Waals surface area contributed by atoms with E-state index in [1.165, 1.54) is 0 Å². The molecule has 0 aliphatic carbocycles. The molecule has 1 atom stereocenters. The molecule has 118 valence electrons. The van der Waals surface area contributed by atoms with E-state index in [0.29, 0.717) is 24.9 Å². The van der Waals surface area contributed by atoms with Gasteiger partial charge in [0.05, 0.1) is 6.61 Å². The van der Waals surface area contributed by atoms with Crippen LogP contribution in [-0.4, -0.2) is 17.7 Å². The zero-order valence-electron chi connectivity index (χ0n) is 13.1. The average molecular weight is 303 g/mol. The number of rotatable bonds is 7. The third kappa shape index (κ3) is 4.10. The molecule has 1 aromatic heterocycles. The predicted octanol–water partition coefficient (Wildman–Crippen LogP) is 3.56. The van der Waals surface area contributed by atoms with Crippen LogP contribution in [0.2, 0.25) is 0 Å². The van der Waals surface area contributed by atoms with E-state index in [-0.39, 0.29) is 11.9 Å². The first kappa shape index (κ1) is 16.1. The van der Waals surface area contributed by atoms with Gasteiger partial charge < -0.3 is 14.0 Å². The Morgan fingerprint density at radius 1 is 1.27 bits per heavy atom. The molecular weight excluding hydrogens is 282 g/mol. The zero-order valence-corrected chi connectivity index (χ0v) is 13.1. The fourth-order valence-electron chi connectivity index (χ4n) is 2.17. The SMILES string of the molecule is CCOC(=O)C(c1cc(OCc2ccccc2)no1)C(C)C. The third-order valence-electron chi connectivity index (χ3n) is 3.25. The topological polar surface area (TPSA) is 61.6 Å². The summed E-state index contributed by atoms with van der Waals surface area (Å²) in [6.07, 6.45) is 0. The van der Waals surface area contributed by atoms with E-state index in [1.54, 1.807) is 13.0 Å². The summed E-state index contributed by atoms with van der Waals surface area (Å²) in [5.74, 6) is 0.115. The van der Waals surface area contributed by atoms with E-state index in [9.17, 15) is 4.79 Å². The van der Waals surface area contributed by atoms with E-state index in [4.69, 9.17) is 14.0 Å². The maximum absolute atomic E-state index is 12.0. The van der Waals surface area contributed by atoms with Crippen LogP contribution in [0.3, 0.4) is 0 Å². The molecule has 0 fully saturated rings. The Balaban J connectivity index is 2.04. The van der Waals surface area contributed by atoms with Crippen molar-refractivity contribution in [3.8, 4) is 5.88 Å². The molecule has 0 bridgehead atoms. The largest absolute Gasteiger partial charge is 0.471 e. The van der Waals surface area contributed by atoms with Crippen molar-refractivity contribution in [2.24, 2.45) is 5.92 Å². The van der Waals surface area contributed by atoms with Crippen molar-refractivity contribution in [2.75, 3.05) is 6.61 Å². The van der Waals surface area contributed by atoms with Gasteiger partial charge in [0.25, 0.3) is 5.88 Å². The summed E-state index contributed by atoms with van der Waals surface area (Å²) in [5, 5.41) is 3.87. The van der Waals surface area contributed by atoms with Crippen LogP contribution in [0.1, 0.15) is 38.0 Å². The Labute approximate surface area is 130 Å². The minimum atomic E-state index is -0.471. The number of esters is 1. The molecule has 0 amide bonds. The van der Waals surface area contributed by atoms with Crippen molar-refractivity contribution in [3.63, 3.8) is 0 Å². The molecule has 1 unspecified atom stereocenters. The van der Waals surface area contributed by atoms with Crippen molar-refractivity contribution in [1.29, 1.82) is 0 Å². The zero-order chi connectivity index (χ0) is 15.9. The highest BCUT2D eigenvalue weighted by Crippen LogP contribution is 2.28. The molecular formula is C17H21NO4. The maximum Gasteiger partial charge on any atom is 0.317 e. The molecule has 5 nitrogen and oxygen atoms in total. The first-order chi connectivity index (χ1) is 10.6. The molecule has 0 radical (unpaired) electrons. The van der Waals surface area contributed by atoms with E-state index in [2.05, 4.69) is 5.16 Å². The highest BCUT2D eigenvalue weighted by Gasteiger charge is 2.29. The molecule has 0 saturated heterocycles. The quantitative estimate of drug-likeness (QED) is 0.732. The van der Waals surface area contributed by atoms with E-state index < -0.39 is 5.92 Å². The van der Waals surface area contributed by atoms with E-state index in [1.807, 2.05) is 44.2 Å². The summed E-state index contributed by atoms with van der Waals surface area (Å²) >= 11 is 0. The van der Waals surface area contributed by atoms with Crippen LogP contribution in [0.4, 0.5) is 0 Å². The number of carbonyl (C=O) groups is 1. The molecule has 0 saturated carbocycles. The van der Waals surface area contributed by atoms with Crippen LogP contribution in [0.5, 0.6) is 5.88 Å². The highest BCUT2D eigenvalue weighted by molar-refractivity contribution is 5.77. The van der Waals surface area contributed by atoms with Gasteiger partial charge in [0, 0.05) is 6.07 Å². The van der Waals surface area contributed by atoms with Crippen molar-refractivity contribution in [1.82, 2.24) is 5.16 Å². The molecule has 2 aromatic rings. The number of hydrogen-bond donors (Lipinski definition) is 0. The Bertz CT molecular complexity index is 592. The second-order valence-corrected chi connectivity index (χ2v) is 5.32. The van der Waals surface area contributed by atoms with Crippen molar-refractivity contribution in [3.05, 3.63) is 47.7 Å². The summed E-state index contributed by atoms with van der Waals surface area (Å²) in [6.45, 7) is 6.40. The first-order valence-corrected chi connectivity index (χ1v) is 7.41. The lowest BCUT2D eigenvalue weighted by Crippen LogP contribution is -2.20. The number of benzene rings is 1. The number of ether oxygens (including phenoxy) is 2. The fourth-order valence-corrected chi connectivity index (χ4v) is 2.17. The standard InChI is InChI=1S/C17H21NO4/c1-4-20-17(19)16(12(2)3)14-10-15(18-22-14)21-11-13-8-6-5-7-9-13/h5-10,12,16H,4,11H2,1-3H3. The summed E-state index contributed by atoms with van der Waals surface area (Å²) < 4.78 is 15.9. The molecule has 2 rings (SSSR count). The molecule has 0 spiro atoms. The van der Waals surface area contributed by atoms with Gasteiger partial charge in [-0.05, 0) is 23.6 Å². The Morgan fingerprint density at radius 3 is 2.64 bits per heavy atom. The van der Waals surface area contributed by atoms with Crippen molar-refractivity contribution < 1.29 is 18.8 Å². The highest BCUT2D eigenvalue weighted by atomic mass is 16.5. The molecule has 0 N–H and O–H groups in total. The second-order valence-electron chi connectivity index (χ2n) is 5.32. The van der Waals surface area contributed by atoms with Crippen molar-refractivity contribution in [2.45, 2.75) is 33.3 Å². The van der Waals surface area contributed by atoms with Crippen LogP contribution in [0.25, 0.3) is 0 Å². The molecule has 22 heavy (non-hydrogen) atoms. The normalized spacial score (nSPS) is 12.2. The van der Waals surface area contributed by atoms with Crippen LogP contribution in [0, 0.1) is 5.92 Å². The number of carbonyl (C=O) groups excluding carboxylic acids is 1. The lowest BCUT2D eigenvalue weighted by Gasteiger charge is -2.15. The molecule has 1 heterocycles.